The van der Waals surface area contributed by atoms with Gasteiger partial charge in [-0.15, -0.1) is 0 Å². The Hall–Kier alpha value is -0.0800. The first-order valence-electron chi connectivity index (χ1n) is 6.93. The van der Waals surface area contributed by atoms with E-state index < -0.39 is 0 Å². The van der Waals surface area contributed by atoms with Gasteiger partial charge in [-0.3, -0.25) is 4.90 Å². The highest BCUT2D eigenvalue weighted by atomic mass is 15.2. The van der Waals surface area contributed by atoms with E-state index >= 15 is 0 Å². The molecule has 2 aliphatic rings. The molecule has 2 aliphatic carbocycles. The molecule has 0 aromatic carbocycles. The minimum absolute atomic E-state index is 0.258. The third kappa shape index (κ3) is 2.02. The topological polar surface area (TPSA) is 29.3 Å². The van der Waals surface area contributed by atoms with E-state index in [1.165, 1.54) is 45.1 Å². The minimum Gasteiger partial charge on any atom is -0.329 e. The maximum atomic E-state index is 6.17. The van der Waals surface area contributed by atoms with Crippen LogP contribution in [0.5, 0.6) is 0 Å². The van der Waals surface area contributed by atoms with Crippen LogP contribution in [0, 0.1) is 11.3 Å². The molecular weight excluding hydrogens is 196 g/mol. The van der Waals surface area contributed by atoms with Gasteiger partial charge < -0.3 is 5.73 Å². The SMILES string of the molecule is CN(CC1CC1)C1(CN)CCCCC1(C)C. The quantitative estimate of drug-likeness (QED) is 0.795. The fourth-order valence-electron chi connectivity index (χ4n) is 3.66. The molecule has 0 bridgehead atoms. The molecule has 0 aliphatic heterocycles. The van der Waals surface area contributed by atoms with Crippen molar-refractivity contribution in [1.82, 2.24) is 4.90 Å². The van der Waals surface area contributed by atoms with Gasteiger partial charge in [-0.05, 0) is 44.1 Å². The Morgan fingerprint density at radius 2 is 1.81 bits per heavy atom. The molecule has 0 amide bonds. The zero-order chi connectivity index (χ0) is 11.8. The molecule has 0 aromatic rings. The Morgan fingerprint density at radius 3 is 2.31 bits per heavy atom. The molecule has 94 valence electrons. The van der Waals surface area contributed by atoms with Gasteiger partial charge in [0.25, 0.3) is 0 Å². The Bertz CT molecular complexity index is 245. The van der Waals surface area contributed by atoms with Gasteiger partial charge in [0.15, 0.2) is 0 Å². The molecule has 2 rings (SSSR count). The Morgan fingerprint density at radius 1 is 1.19 bits per heavy atom. The average molecular weight is 224 g/mol. The number of nitrogens with zero attached hydrogens (tertiary/aromatic N) is 1. The molecule has 16 heavy (non-hydrogen) atoms. The summed E-state index contributed by atoms with van der Waals surface area (Å²) in [5.74, 6) is 0.964. The summed E-state index contributed by atoms with van der Waals surface area (Å²) in [5.41, 5.74) is 6.81. The van der Waals surface area contributed by atoms with Crippen LogP contribution >= 0.6 is 0 Å². The van der Waals surface area contributed by atoms with Gasteiger partial charge in [-0.25, -0.2) is 0 Å². The standard InChI is InChI=1S/C14H28N2/c1-13(2)8-4-5-9-14(13,11-15)16(3)10-12-6-7-12/h12H,4-11,15H2,1-3H3. The average Bonchev–Trinajstić information content (AvgIpc) is 3.01. The zero-order valence-electron chi connectivity index (χ0n) is 11.3. The molecule has 1 atom stereocenters. The van der Waals surface area contributed by atoms with Crippen molar-refractivity contribution in [1.29, 1.82) is 0 Å². The van der Waals surface area contributed by atoms with Crippen molar-refractivity contribution in [3.63, 3.8) is 0 Å². The largest absolute Gasteiger partial charge is 0.329 e. The smallest absolute Gasteiger partial charge is 0.0379 e. The first-order chi connectivity index (χ1) is 7.52. The molecule has 2 nitrogen and oxygen atoms in total. The van der Waals surface area contributed by atoms with E-state index in [1.54, 1.807) is 0 Å². The van der Waals surface area contributed by atoms with E-state index in [2.05, 4.69) is 25.8 Å². The summed E-state index contributed by atoms with van der Waals surface area (Å²) in [5, 5.41) is 0. The lowest BCUT2D eigenvalue weighted by atomic mass is 9.62. The maximum absolute atomic E-state index is 6.17. The summed E-state index contributed by atoms with van der Waals surface area (Å²) in [7, 11) is 2.30. The van der Waals surface area contributed by atoms with Gasteiger partial charge in [-0.2, -0.15) is 0 Å². The predicted octanol–water partition coefficient (Wildman–Crippen LogP) is 2.63. The van der Waals surface area contributed by atoms with Crippen LogP contribution in [0.25, 0.3) is 0 Å². The third-order valence-corrected chi connectivity index (χ3v) is 5.20. The molecule has 2 heteroatoms. The van der Waals surface area contributed by atoms with E-state index in [0.29, 0.717) is 5.41 Å². The number of hydrogen-bond donors (Lipinski definition) is 1. The molecule has 0 spiro atoms. The number of rotatable bonds is 4. The lowest BCUT2D eigenvalue weighted by molar-refractivity contribution is -0.0309. The van der Waals surface area contributed by atoms with Gasteiger partial charge in [-0.1, -0.05) is 26.7 Å². The summed E-state index contributed by atoms with van der Waals surface area (Å²) >= 11 is 0. The maximum Gasteiger partial charge on any atom is 0.0379 e. The van der Waals surface area contributed by atoms with Gasteiger partial charge in [0.1, 0.15) is 0 Å². The molecular formula is C14H28N2. The highest BCUT2D eigenvalue weighted by molar-refractivity contribution is 5.05. The second-order valence-electron chi connectivity index (χ2n) is 6.65. The van der Waals surface area contributed by atoms with Crippen LogP contribution in [-0.2, 0) is 0 Å². The molecule has 0 radical (unpaired) electrons. The number of likely N-dealkylation sites (N-methyl/N-ethyl adjacent to an activating group) is 1. The zero-order valence-corrected chi connectivity index (χ0v) is 11.3. The van der Waals surface area contributed by atoms with Crippen LogP contribution in [0.4, 0.5) is 0 Å². The van der Waals surface area contributed by atoms with E-state index in [9.17, 15) is 0 Å². The Labute approximate surface area is 101 Å². The van der Waals surface area contributed by atoms with E-state index in [-0.39, 0.29) is 5.54 Å². The van der Waals surface area contributed by atoms with Crippen LogP contribution in [0.2, 0.25) is 0 Å². The van der Waals surface area contributed by atoms with Crippen LogP contribution in [0.15, 0.2) is 0 Å². The van der Waals surface area contributed by atoms with Crippen molar-refractivity contribution >= 4 is 0 Å². The van der Waals surface area contributed by atoms with Crippen molar-refractivity contribution in [3.05, 3.63) is 0 Å². The summed E-state index contributed by atoms with van der Waals surface area (Å²) < 4.78 is 0. The Kier molecular flexibility index (Phi) is 3.33. The Balaban J connectivity index is 2.13. The van der Waals surface area contributed by atoms with Crippen LogP contribution < -0.4 is 5.73 Å². The minimum atomic E-state index is 0.258. The highest BCUT2D eigenvalue weighted by Crippen LogP contribution is 2.47. The fraction of sp³-hybridized carbons (Fsp3) is 1.00. The van der Waals surface area contributed by atoms with Crippen LogP contribution in [-0.4, -0.2) is 30.6 Å². The van der Waals surface area contributed by atoms with Gasteiger partial charge in [0.05, 0.1) is 0 Å². The molecule has 2 saturated carbocycles. The number of hydrogen-bond acceptors (Lipinski definition) is 2. The summed E-state index contributed by atoms with van der Waals surface area (Å²) in [6.07, 6.45) is 8.23. The second kappa shape index (κ2) is 4.30. The first-order valence-corrected chi connectivity index (χ1v) is 6.93. The molecule has 2 N–H and O–H groups in total. The second-order valence-corrected chi connectivity index (χ2v) is 6.65. The predicted molar refractivity (Wildman–Crippen MR) is 69.4 cm³/mol. The van der Waals surface area contributed by atoms with Gasteiger partial charge >= 0.3 is 0 Å². The van der Waals surface area contributed by atoms with E-state index in [4.69, 9.17) is 5.73 Å². The lowest BCUT2D eigenvalue weighted by Gasteiger charge is -2.55. The first kappa shape index (κ1) is 12.4. The van der Waals surface area contributed by atoms with Crippen molar-refractivity contribution in [2.24, 2.45) is 17.1 Å². The van der Waals surface area contributed by atoms with Gasteiger partial charge in [0.2, 0.25) is 0 Å². The van der Waals surface area contributed by atoms with E-state index in [1.807, 2.05) is 0 Å². The summed E-state index contributed by atoms with van der Waals surface area (Å²) in [6.45, 7) is 6.93. The van der Waals surface area contributed by atoms with Crippen molar-refractivity contribution in [3.8, 4) is 0 Å². The molecule has 0 aromatic heterocycles. The highest BCUT2D eigenvalue weighted by Gasteiger charge is 2.48. The van der Waals surface area contributed by atoms with E-state index in [0.717, 1.165) is 12.5 Å². The van der Waals surface area contributed by atoms with Crippen LogP contribution in [0.3, 0.4) is 0 Å². The monoisotopic (exact) mass is 224 g/mol. The molecule has 0 heterocycles. The fourth-order valence-corrected chi connectivity index (χ4v) is 3.66. The number of nitrogens with two attached hydrogens (primary N) is 1. The van der Waals surface area contributed by atoms with Crippen molar-refractivity contribution < 1.29 is 0 Å². The van der Waals surface area contributed by atoms with Gasteiger partial charge in [0, 0.05) is 18.6 Å². The molecule has 0 saturated heterocycles. The normalized spacial score (nSPS) is 34.3. The molecule has 1 unspecified atom stereocenters. The summed E-state index contributed by atoms with van der Waals surface area (Å²) in [4.78, 5) is 2.60. The molecule has 2 fully saturated rings. The van der Waals surface area contributed by atoms with Crippen LogP contribution in [0.1, 0.15) is 52.4 Å². The lowest BCUT2D eigenvalue weighted by Crippen LogP contribution is -2.62. The summed E-state index contributed by atoms with van der Waals surface area (Å²) in [6, 6.07) is 0. The third-order valence-electron chi connectivity index (χ3n) is 5.20. The van der Waals surface area contributed by atoms with Crippen molar-refractivity contribution in [2.75, 3.05) is 20.1 Å². The van der Waals surface area contributed by atoms with Crippen molar-refractivity contribution in [2.45, 2.75) is 57.9 Å².